The van der Waals surface area contributed by atoms with Crippen LogP contribution < -0.4 is 5.32 Å². The van der Waals surface area contributed by atoms with Crippen LogP contribution in [0.3, 0.4) is 0 Å². The van der Waals surface area contributed by atoms with Gasteiger partial charge in [-0.15, -0.1) is 0 Å². The fourth-order valence-electron chi connectivity index (χ4n) is 3.04. The highest BCUT2D eigenvalue weighted by molar-refractivity contribution is 5.76. The highest BCUT2D eigenvalue weighted by atomic mass is 16.5. The van der Waals surface area contributed by atoms with Crippen LogP contribution in [0.15, 0.2) is 0 Å². The molecule has 1 aliphatic rings. The molecule has 1 atom stereocenters. The van der Waals surface area contributed by atoms with Crippen LogP contribution in [0, 0.1) is 5.92 Å². The Kier molecular flexibility index (Phi) is 8.15. The zero-order valence-electron chi connectivity index (χ0n) is 13.7. The molecule has 0 aromatic heterocycles. The molecule has 118 valence electrons. The van der Waals surface area contributed by atoms with Gasteiger partial charge in [0.15, 0.2) is 0 Å². The van der Waals surface area contributed by atoms with Crippen molar-refractivity contribution >= 4 is 5.97 Å². The van der Waals surface area contributed by atoms with E-state index >= 15 is 0 Å². The van der Waals surface area contributed by atoms with Crippen molar-refractivity contribution in [2.75, 3.05) is 26.7 Å². The van der Waals surface area contributed by atoms with Crippen molar-refractivity contribution in [1.82, 2.24) is 10.2 Å². The van der Waals surface area contributed by atoms with Crippen LogP contribution in [0.5, 0.6) is 0 Å². The molecule has 4 nitrogen and oxygen atoms in total. The van der Waals surface area contributed by atoms with E-state index in [0.29, 0.717) is 6.61 Å². The minimum absolute atomic E-state index is 0.128. The maximum Gasteiger partial charge on any atom is 0.324 e. The second kappa shape index (κ2) is 9.35. The molecule has 0 heterocycles. The van der Waals surface area contributed by atoms with Crippen molar-refractivity contribution in [3.05, 3.63) is 0 Å². The van der Waals surface area contributed by atoms with Gasteiger partial charge in [0.1, 0.15) is 6.04 Å². The fraction of sp³-hybridized carbons (Fsp3) is 0.938. The molecule has 0 aromatic rings. The molecule has 0 aliphatic heterocycles. The largest absolute Gasteiger partial charge is 0.465 e. The van der Waals surface area contributed by atoms with E-state index in [9.17, 15) is 4.79 Å². The summed E-state index contributed by atoms with van der Waals surface area (Å²) in [7, 11) is 2.11. The first-order valence-electron chi connectivity index (χ1n) is 8.14. The maximum atomic E-state index is 12.0. The molecule has 1 aliphatic carbocycles. The Morgan fingerprint density at radius 2 is 1.95 bits per heavy atom. The highest BCUT2D eigenvalue weighted by Gasteiger charge is 2.23. The van der Waals surface area contributed by atoms with Gasteiger partial charge < -0.3 is 15.0 Å². The molecular formula is C16H32N2O2. The molecule has 0 amide bonds. The Balaban J connectivity index is 2.43. The minimum Gasteiger partial charge on any atom is -0.465 e. The molecule has 1 saturated carbocycles. The Labute approximate surface area is 124 Å². The maximum absolute atomic E-state index is 12.0. The average molecular weight is 284 g/mol. The van der Waals surface area contributed by atoms with E-state index in [1.807, 2.05) is 6.92 Å². The normalized spacial score (nSPS) is 18.5. The van der Waals surface area contributed by atoms with Crippen molar-refractivity contribution in [3.63, 3.8) is 0 Å². The number of hydrogen-bond acceptors (Lipinski definition) is 4. The summed E-state index contributed by atoms with van der Waals surface area (Å²) in [5, 5.41) is 3.32. The summed E-state index contributed by atoms with van der Waals surface area (Å²) in [6.45, 7) is 8.25. The number of esters is 1. The van der Waals surface area contributed by atoms with Gasteiger partial charge in [0.2, 0.25) is 0 Å². The number of likely N-dealkylation sites (N-methyl/N-ethyl adjacent to an activating group) is 1. The molecule has 0 saturated heterocycles. The molecule has 0 radical (unpaired) electrons. The van der Waals surface area contributed by atoms with Gasteiger partial charge in [0, 0.05) is 19.1 Å². The zero-order valence-corrected chi connectivity index (χ0v) is 13.7. The van der Waals surface area contributed by atoms with Gasteiger partial charge in [-0.3, -0.25) is 4.79 Å². The third-order valence-corrected chi connectivity index (χ3v) is 3.89. The first kappa shape index (κ1) is 17.4. The third-order valence-electron chi connectivity index (χ3n) is 3.89. The van der Waals surface area contributed by atoms with Crippen LogP contribution in [0.1, 0.15) is 52.9 Å². The molecule has 0 spiro atoms. The SMILES string of the molecule is CCOC(=O)C(CN(C)CC1CCCCC1)NC(C)C. The van der Waals surface area contributed by atoms with Crippen molar-refractivity contribution < 1.29 is 9.53 Å². The Bertz CT molecular complexity index is 276. The highest BCUT2D eigenvalue weighted by Crippen LogP contribution is 2.24. The molecule has 1 rings (SSSR count). The van der Waals surface area contributed by atoms with E-state index in [-0.39, 0.29) is 18.1 Å². The summed E-state index contributed by atoms with van der Waals surface area (Å²) in [6.07, 6.45) is 6.80. The lowest BCUT2D eigenvalue weighted by molar-refractivity contribution is -0.146. The predicted molar refractivity (Wildman–Crippen MR) is 82.8 cm³/mol. The quantitative estimate of drug-likeness (QED) is 0.695. The van der Waals surface area contributed by atoms with E-state index in [4.69, 9.17) is 4.74 Å². The van der Waals surface area contributed by atoms with Crippen LogP contribution >= 0.6 is 0 Å². The van der Waals surface area contributed by atoms with Gasteiger partial charge in [-0.2, -0.15) is 0 Å². The van der Waals surface area contributed by atoms with E-state index in [0.717, 1.165) is 19.0 Å². The monoisotopic (exact) mass is 284 g/mol. The van der Waals surface area contributed by atoms with E-state index in [1.165, 1.54) is 32.1 Å². The standard InChI is InChI=1S/C16H32N2O2/c1-5-20-16(19)15(17-13(2)3)12-18(4)11-14-9-7-6-8-10-14/h13-15,17H,5-12H2,1-4H3. The smallest absolute Gasteiger partial charge is 0.324 e. The van der Waals surface area contributed by atoms with Gasteiger partial charge in [-0.05, 0) is 32.7 Å². The van der Waals surface area contributed by atoms with Gasteiger partial charge in [-0.25, -0.2) is 0 Å². The molecule has 20 heavy (non-hydrogen) atoms. The number of ether oxygens (including phenoxy) is 1. The number of carbonyl (C=O) groups excluding carboxylic acids is 1. The number of hydrogen-bond donors (Lipinski definition) is 1. The molecule has 0 bridgehead atoms. The van der Waals surface area contributed by atoms with Gasteiger partial charge in [0.25, 0.3) is 0 Å². The Morgan fingerprint density at radius 1 is 1.30 bits per heavy atom. The Morgan fingerprint density at radius 3 is 2.50 bits per heavy atom. The number of rotatable bonds is 8. The molecule has 1 unspecified atom stereocenters. The predicted octanol–water partition coefficient (Wildman–Crippen LogP) is 2.43. The summed E-state index contributed by atoms with van der Waals surface area (Å²) in [6, 6.07) is 0.0658. The van der Waals surface area contributed by atoms with Gasteiger partial charge in [-0.1, -0.05) is 33.1 Å². The Hall–Kier alpha value is -0.610. The minimum atomic E-state index is -0.219. The van der Waals surface area contributed by atoms with Crippen molar-refractivity contribution in [1.29, 1.82) is 0 Å². The summed E-state index contributed by atoms with van der Waals surface area (Å²) < 4.78 is 5.17. The van der Waals surface area contributed by atoms with Crippen LogP contribution in [0.4, 0.5) is 0 Å². The number of nitrogens with zero attached hydrogens (tertiary/aromatic N) is 1. The molecular weight excluding hydrogens is 252 g/mol. The molecule has 1 N–H and O–H groups in total. The fourth-order valence-corrected chi connectivity index (χ4v) is 3.04. The third kappa shape index (κ3) is 6.71. The molecule has 1 fully saturated rings. The first-order valence-corrected chi connectivity index (χ1v) is 8.14. The van der Waals surface area contributed by atoms with Gasteiger partial charge >= 0.3 is 5.97 Å². The lowest BCUT2D eigenvalue weighted by Crippen LogP contribution is -2.49. The summed E-state index contributed by atoms with van der Waals surface area (Å²) >= 11 is 0. The lowest BCUT2D eigenvalue weighted by Gasteiger charge is -2.30. The number of carbonyl (C=O) groups is 1. The number of nitrogens with one attached hydrogen (secondary N) is 1. The molecule has 4 heteroatoms. The van der Waals surface area contributed by atoms with Crippen molar-refractivity contribution in [3.8, 4) is 0 Å². The van der Waals surface area contributed by atoms with E-state index in [1.54, 1.807) is 0 Å². The summed E-state index contributed by atoms with van der Waals surface area (Å²) in [5.41, 5.74) is 0. The van der Waals surface area contributed by atoms with Gasteiger partial charge in [0.05, 0.1) is 6.61 Å². The van der Waals surface area contributed by atoms with E-state index in [2.05, 4.69) is 31.1 Å². The average Bonchev–Trinajstić information content (AvgIpc) is 2.38. The lowest BCUT2D eigenvalue weighted by atomic mass is 9.89. The summed E-state index contributed by atoms with van der Waals surface area (Å²) in [4.78, 5) is 14.3. The second-order valence-electron chi connectivity index (χ2n) is 6.35. The van der Waals surface area contributed by atoms with Crippen molar-refractivity contribution in [2.45, 2.75) is 65.0 Å². The van der Waals surface area contributed by atoms with Crippen molar-refractivity contribution in [2.24, 2.45) is 5.92 Å². The van der Waals surface area contributed by atoms with Crippen LogP contribution in [0.25, 0.3) is 0 Å². The van der Waals surface area contributed by atoms with Crippen LogP contribution in [-0.4, -0.2) is 49.7 Å². The summed E-state index contributed by atoms with van der Waals surface area (Å²) in [5.74, 6) is 0.673. The second-order valence-corrected chi connectivity index (χ2v) is 6.35. The topological polar surface area (TPSA) is 41.6 Å². The van der Waals surface area contributed by atoms with Crippen LogP contribution in [-0.2, 0) is 9.53 Å². The first-order chi connectivity index (χ1) is 9.52. The van der Waals surface area contributed by atoms with Crippen LogP contribution in [0.2, 0.25) is 0 Å². The molecule has 0 aromatic carbocycles. The zero-order chi connectivity index (χ0) is 15.0. The van der Waals surface area contributed by atoms with E-state index < -0.39 is 0 Å².